The predicted octanol–water partition coefficient (Wildman–Crippen LogP) is -5.26. The fraction of sp³-hybridized carbons (Fsp3) is 1.00. The van der Waals surface area contributed by atoms with E-state index in [-0.39, 0.29) is 83.0 Å². The van der Waals surface area contributed by atoms with Crippen molar-refractivity contribution in [3.05, 3.63) is 0 Å². The summed E-state index contributed by atoms with van der Waals surface area (Å²) in [4.78, 5) is 60.3. The van der Waals surface area contributed by atoms with E-state index in [9.17, 15) is 47.6 Å². The van der Waals surface area contributed by atoms with E-state index in [4.69, 9.17) is 10.2 Å². The Hall–Kier alpha value is 3.33. The zero-order valence-corrected chi connectivity index (χ0v) is 32.9. The molecule has 0 aliphatic heterocycles. The number of hydrogen-bond donors (Lipinski definition) is 2. The van der Waals surface area contributed by atoms with Crippen molar-refractivity contribution in [2.45, 2.75) is 11.2 Å². The first kappa shape index (κ1) is 38.9. The van der Waals surface area contributed by atoms with Crippen molar-refractivity contribution in [3.63, 3.8) is 0 Å². The zero-order chi connectivity index (χ0) is 18.6. The second kappa shape index (κ2) is 15.2. The van der Waals surface area contributed by atoms with Crippen molar-refractivity contribution in [1.82, 2.24) is 0 Å². The molecule has 0 spiro atoms. The minimum Gasteiger partial charge on any atom is -0.809 e. The Morgan fingerprint density at radius 3 is 0.840 bits per heavy atom. The summed E-state index contributed by atoms with van der Waals surface area (Å²) in [5.74, 6) is 0. The summed E-state index contributed by atoms with van der Waals surface area (Å²) in [6, 6.07) is 0. The molecule has 2 N–H and O–H groups in total. The molecule has 0 aromatic carbocycles. The van der Waals surface area contributed by atoms with Crippen LogP contribution in [0, 0.1) is 0 Å². The summed E-state index contributed by atoms with van der Waals surface area (Å²) in [5, 5.41) is 16.6. The molecular weight excluding hydrogens is 998 g/mol. The van der Waals surface area contributed by atoms with Crippen LogP contribution < -0.4 is 29.4 Å². The van der Waals surface area contributed by atoms with E-state index in [2.05, 4.69) is 9.05 Å². The SMILES string of the molecule is COP(=O)([O-])C(O)P(=O)([O-])[O-].COP(=O)([O-])C(O)P(=O)([O-])[O-].[Hg+2].[Hg+2].[Hg+2]. The maximum atomic E-state index is 10.3. The van der Waals surface area contributed by atoms with Gasteiger partial charge in [0.25, 0.3) is 0 Å². The fourth-order valence-electron chi connectivity index (χ4n) is 0.535. The molecule has 0 bridgehead atoms. The summed E-state index contributed by atoms with van der Waals surface area (Å²) in [7, 11) is -19.7. The molecule has 0 saturated carbocycles. The summed E-state index contributed by atoms with van der Waals surface area (Å²) >= 11 is 0. The Bertz CT molecular complexity index is 494. The van der Waals surface area contributed by atoms with Crippen LogP contribution in [0.2, 0.25) is 0 Å². The van der Waals surface area contributed by atoms with Gasteiger partial charge in [-0.3, -0.25) is 0 Å². The molecule has 0 aromatic heterocycles. The van der Waals surface area contributed by atoms with Crippen molar-refractivity contribution in [3.8, 4) is 0 Å². The van der Waals surface area contributed by atoms with Crippen molar-refractivity contribution in [1.29, 1.82) is 0 Å². The largest absolute Gasteiger partial charge is 2.00 e. The van der Waals surface area contributed by atoms with E-state index in [1.807, 2.05) is 0 Å². The Labute approximate surface area is 203 Å². The van der Waals surface area contributed by atoms with Gasteiger partial charge in [0, 0.05) is 14.2 Å². The Morgan fingerprint density at radius 1 is 0.640 bits per heavy atom. The van der Waals surface area contributed by atoms with Crippen molar-refractivity contribution < 1.29 is 150 Å². The Kier molecular flexibility index (Phi) is 23.6. The fourth-order valence-corrected chi connectivity index (χ4v) is 4.25. The third kappa shape index (κ3) is 15.8. The second-order valence-corrected chi connectivity index (χ2v) is 11.0. The Morgan fingerprint density at radius 2 is 0.800 bits per heavy atom. The van der Waals surface area contributed by atoms with Gasteiger partial charge in [-0.05, 0) is 15.2 Å². The van der Waals surface area contributed by atoms with Gasteiger partial charge < -0.3 is 66.9 Å². The second-order valence-electron chi connectivity index (χ2n) is 3.22. The molecule has 0 radical (unpaired) electrons. The van der Waals surface area contributed by atoms with Gasteiger partial charge in [0.05, 0.1) is 0 Å². The summed E-state index contributed by atoms with van der Waals surface area (Å²) in [6.07, 6.45) is 0. The maximum absolute atomic E-state index is 10.3. The van der Waals surface area contributed by atoms with Crippen LogP contribution in [0.25, 0.3) is 0 Å². The van der Waals surface area contributed by atoms with Gasteiger partial charge in [0.15, 0.2) is 15.2 Å². The first-order valence-corrected chi connectivity index (χ1v) is 11.0. The standard InChI is InChI=1S/2C2H8O7P2.3Hg/c2*1-9-11(7,8)2(3)10(4,5)6;;;/h2*2-3H,1H3,(H,7,8)(H2,4,5,6);;;/q;;3*+2/p-6. The molecule has 25 heavy (non-hydrogen) atoms. The van der Waals surface area contributed by atoms with E-state index >= 15 is 0 Å². The monoisotopic (exact) mass is 1010 g/mol. The first-order chi connectivity index (χ1) is 9.43. The summed E-state index contributed by atoms with van der Waals surface area (Å²) < 4.78 is 47.7. The van der Waals surface area contributed by atoms with Crippen molar-refractivity contribution >= 4 is 30.4 Å². The summed E-state index contributed by atoms with van der Waals surface area (Å²) in [5.41, 5.74) is -6.00. The van der Waals surface area contributed by atoms with Crippen LogP contribution in [0.15, 0.2) is 0 Å². The van der Waals surface area contributed by atoms with Gasteiger partial charge in [0.1, 0.15) is 11.2 Å². The van der Waals surface area contributed by atoms with Gasteiger partial charge in [-0.15, -0.1) is 0 Å². The van der Waals surface area contributed by atoms with E-state index in [0.29, 0.717) is 14.2 Å². The van der Waals surface area contributed by atoms with Crippen LogP contribution in [0.1, 0.15) is 0 Å². The van der Waals surface area contributed by atoms with Crippen LogP contribution in [-0.4, -0.2) is 35.6 Å². The van der Waals surface area contributed by atoms with Gasteiger partial charge >= 0.3 is 83.0 Å². The molecule has 0 aliphatic rings. The molecule has 4 unspecified atom stereocenters. The third-order valence-electron chi connectivity index (χ3n) is 1.64. The van der Waals surface area contributed by atoms with Gasteiger partial charge in [-0.25, -0.2) is 0 Å². The molecule has 0 aliphatic carbocycles. The number of hydrogen-bond acceptors (Lipinski definition) is 14. The minimum absolute atomic E-state index is 0. The quantitative estimate of drug-likeness (QED) is 0.186. The average molecular weight is 1010 g/mol. The maximum Gasteiger partial charge on any atom is 2.00 e. The third-order valence-corrected chi connectivity index (χ3v) is 8.32. The van der Waals surface area contributed by atoms with E-state index in [1.54, 1.807) is 0 Å². The molecule has 136 valence electrons. The van der Waals surface area contributed by atoms with Crippen LogP contribution in [-0.2, 0) is 110 Å². The normalized spacial score (nSPS) is 18.3. The molecule has 0 aromatic rings. The smallest absolute Gasteiger partial charge is 0.809 e. The van der Waals surface area contributed by atoms with Crippen LogP contribution in [0.4, 0.5) is 0 Å². The van der Waals surface area contributed by atoms with Crippen LogP contribution in [0.5, 0.6) is 0 Å². The van der Waals surface area contributed by atoms with E-state index < -0.39 is 41.6 Å². The molecular formula is C4H10Hg3O14P4. The van der Waals surface area contributed by atoms with Crippen LogP contribution >= 0.6 is 30.4 Å². The number of aliphatic hydroxyl groups excluding tert-OH is 2. The first-order valence-electron chi connectivity index (χ1n) is 4.56. The molecule has 4 atom stereocenters. The topological polar surface area (TPSA) is 266 Å². The number of rotatable bonds is 6. The van der Waals surface area contributed by atoms with E-state index in [0.717, 1.165) is 0 Å². The molecule has 14 nitrogen and oxygen atoms in total. The number of aliphatic hydroxyl groups is 2. The Balaban J connectivity index is -0.0000000952. The molecule has 0 fully saturated rings. The molecule has 21 heteroatoms. The van der Waals surface area contributed by atoms with Crippen LogP contribution in [0.3, 0.4) is 0 Å². The predicted molar refractivity (Wildman–Crippen MR) is 56.5 cm³/mol. The van der Waals surface area contributed by atoms with Crippen molar-refractivity contribution in [2.24, 2.45) is 0 Å². The molecule has 0 rings (SSSR count). The van der Waals surface area contributed by atoms with E-state index in [1.165, 1.54) is 0 Å². The van der Waals surface area contributed by atoms with Gasteiger partial charge in [-0.1, -0.05) is 0 Å². The molecule has 0 heterocycles. The zero-order valence-electron chi connectivity index (χ0n) is 12.9. The molecule has 0 saturated heterocycles. The van der Waals surface area contributed by atoms with Gasteiger partial charge in [-0.2, -0.15) is 0 Å². The van der Waals surface area contributed by atoms with Gasteiger partial charge in [0.2, 0.25) is 0 Å². The average Bonchev–Trinajstić information content (AvgIpc) is 2.35. The molecule has 0 amide bonds. The minimum atomic E-state index is -5.54. The summed E-state index contributed by atoms with van der Waals surface area (Å²) in [6.45, 7) is 0. The van der Waals surface area contributed by atoms with Crippen molar-refractivity contribution in [2.75, 3.05) is 14.2 Å².